The molecule has 0 saturated carbocycles. The van der Waals surface area contributed by atoms with Crippen LogP contribution in [0.15, 0.2) is 45.9 Å². The van der Waals surface area contributed by atoms with E-state index >= 15 is 0 Å². The van der Waals surface area contributed by atoms with Gasteiger partial charge < -0.3 is 10.3 Å². The van der Waals surface area contributed by atoms with Gasteiger partial charge in [0.05, 0.1) is 11.0 Å². The summed E-state index contributed by atoms with van der Waals surface area (Å²) in [5.41, 5.74) is 6.37. The SMILES string of the molecule is Nc1ccc(Cn2cccc(Br)c2=O)cn1. The third kappa shape index (κ3) is 2.30. The van der Waals surface area contributed by atoms with E-state index < -0.39 is 0 Å². The zero-order valence-electron chi connectivity index (χ0n) is 8.43. The summed E-state index contributed by atoms with van der Waals surface area (Å²) in [5.74, 6) is 0.477. The van der Waals surface area contributed by atoms with Crippen molar-refractivity contribution in [1.29, 1.82) is 0 Å². The molecule has 0 atom stereocenters. The van der Waals surface area contributed by atoms with Crippen molar-refractivity contribution in [2.75, 3.05) is 5.73 Å². The third-order valence-electron chi connectivity index (χ3n) is 2.17. The number of hydrogen-bond donors (Lipinski definition) is 1. The van der Waals surface area contributed by atoms with Crippen LogP contribution in [0.4, 0.5) is 5.82 Å². The van der Waals surface area contributed by atoms with Gasteiger partial charge in [-0.15, -0.1) is 0 Å². The van der Waals surface area contributed by atoms with Crippen molar-refractivity contribution >= 4 is 21.7 Å². The molecule has 0 aliphatic carbocycles. The molecule has 0 saturated heterocycles. The van der Waals surface area contributed by atoms with E-state index in [0.29, 0.717) is 16.8 Å². The van der Waals surface area contributed by atoms with E-state index in [9.17, 15) is 4.79 Å². The Morgan fingerprint density at radius 3 is 2.88 bits per heavy atom. The average molecular weight is 280 g/mol. The summed E-state index contributed by atoms with van der Waals surface area (Å²) in [4.78, 5) is 15.7. The predicted octanol–water partition coefficient (Wildman–Crippen LogP) is 1.64. The highest BCUT2D eigenvalue weighted by atomic mass is 79.9. The fourth-order valence-corrected chi connectivity index (χ4v) is 1.74. The number of rotatable bonds is 2. The second-order valence-electron chi connectivity index (χ2n) is 3.38. The van der Waals surface area contributed by atoms with E-state index in [4.69, 9.17) is 5.73 Å². The van der Waals surface area contributed by atoms with Crippen LogP contribution in [0.25, 0.3) is 0 Å². The van der Waals surface area contributed by atoms with Crippen LogP contribution in [-0.2, 0) is 6.54 Å². The molecule has 5 heteroatoms. The lowest BCUT2D eigenvalue weighted by molar-refractivity contribution is 0.752. The molecule has 0 radical (unpaired) electrons. The lowest BCUT2D eigenvalue weighted by Crippen LogP contribution is -2.20. The molecule has 2 aromatic rings. The van der Waals surface area contributed by atoms with Crippen LogP contribution in [0.3, 0.4) is 0 Å². The molecular weight excluding hydrogens is 270 g/mol. The molecule has 16 heavy (non-hydrogen) atoms. The van der Waals surface area contributed by atoms with Gasteiger partial charge in [0.15, 0.2) is 0 Å². The fourth-order valence-electron chi connectivity index (χ4n) is 1.36. The van der Waals surface area contributed by atoms with Crippen molar-refractivity contribution in [3.8, 4) is 0 Å². The maximum atomic E-state index is 11.7. The summed E-state index contributed by atoms with van der Waals surface area (Å²) in [6.45, 7) is 0.492. The van der Waals surface area contributed by atoms with Gasteiger partial charge in [0.1, 0.15) is 5.82 Å². The van der Waals surface area contributed by atoms with Crippen LogP contribution >= 0.6 is 15.9 Å². The number of pyridine rings is 2. The summed E-state index contributed by atoms with van der Waals surface area (Å²) < 4.78 is 2.16. The summed E-state index contributed by atoms with van der Waals surface area (Å²) in [6.07, 6.45) is 3.41. The van der Waals surface area contributed by atoms with Gasteiger partial charge in [-0.25, -0.2) is 4.98 Å². The van der Waals surface area contributed by atoms with E-state index in [1.165, 1.54) is 0 Å². The van der Waals surface area contributed by atoms with Gasteiger partial charge in [0, 0.05) is 12.4 Å². The highest BCUT2D eigenvalue weighted by Gasteiger charge is 2.01. The van der Waals surface area contributed by atoms with Crippen molar-refractivity contribution in [2.45, 2.75) is 6.54 Å². The standard InChI is InChI=1S/C11H10BrN3O/c12-9-2-1-5-15(11(9)16)7-8-3-4-10(13)14-6-8/h1-6H,7H2,(H2,13,14). The minimum Gasteiger partial charge on any atom is -0.384 e. The number of aromatic nitrogens is 2. The quantitative estimate of drug-likeness (QED) is 0.909. The van der Waals surface area contributed by atoms with Crippen LogP contribution < -0.4 is 11.3 Å². The van der Waals surface area contributed by atoms with E-state index in [-0.39, 0.29) is 5.56 Å². The van der Waals surface area contributed by atoms with Gasteiger partial charge >= 0.3 is 0 Å². The Balaban J connectivity index is 2.31. The maximum Gasteiger partial charge on any atom is 0.265 e. The second-order valence-corrected chi connectivity index (χ2v) is 4.23. The Kier molecular flexibility index (Phi) is 3.05. The molecule has 0 fully saturated rings. The molecule has 2 rings (SSSR count). The van der Waals surface area contributed by atoms with Gasteiger partial charge in [-0.2, -0.15) is 0 Å². The zero-order chi connectivity index (χ0) is 11.5. The van der Waals surface area contributed by atoms with Crippen molar-refractivity contribution in [3.05, 3.63) is 57.0 Å². The molecule has 2 N–H and O–H groups in total. The first kappa shape index (κ1) is 10.9. The molecule has 0 spiro atoms. The smallest absolute Gasteiger partial charge is 0.265 e. The molecule has 4 nitrogen and oxygen atoms in total. The molecule has 0 aliphatic heterocycles. The maximum absolute atomic E-state index is 11.7. The molecular formula is C11H10BrN3O. The molecule has 2 aromatic heterocycles. The first-order valence-corrected chi connectivity index (χ1v) is 5.51. The summed E-state index contributed by atoms with van der Waals surface area (Å²) >= 11 is 3.20. The molecule has 2 heterocycles. The lowest BCUT2D eigenvalue weighted by atomic mass is 10.3. The van der Waals surface area contributed by atoms with Gasteiger partial charge in [0.2, 0.25) is 0 Å². The van der Waals surface area contributed by atoms with E-state index in [1.807, 2.05) is 12.1 Å². The number of anilines is 1. The first-order chi connectivity index (χ1) is 7.66. The Morgan fingerprint density at radius 1 is 1.38 bits per heavy atom. The summed E-state index contributed by atoms with van der Waals surface area (Å²) in [6, 6.07) is 7.12. The van der Waals surface area contributed by atoms with Crippen molar-refractivity contribution < 1.29 is 0 Å². The summed E-state index contributed by atoms with van der Waals surface area (Å²) in [7, 11) is 0. The molecule has 0 amide bonds. The van der Waals surface area contributed by atoms with Crippen molar-refractivity contribution in [1.82, 2.24) is 9.55 Å². The van der Waals surface area contributed by atoms with Gasteiger partial charge in [0.25, 0.3) is 5.56 Å². The Hall–Kier alpha value is -1.62. The highest BCUT2D eigenvalue weighted by molar-refractivity contribution is 9.10. The average Bonchev–Trinajstić information content (AvgIpc) is 2.28. The molecule has 0 aliphatic rings. The van der Waals surface area contributed by atoms with Crippen molar-refractivity contribution in [3.63, 3.8) is 0 Å². The minimum atomic E-state index is -0.0562. The van der Waals surface area contributed by atoms with E-state index in [0.717, 1.165) is 5.56 Å². The normalized spacial score (nSPS) is 10.3. The third-order valence-corrected chi connectivity index (χ3v) is 2.78. The lowest BCUT2D eigenvalue weighted by Gasteiger charge is -2.05. The van der Waals surface area contributed by atoms with Crippen LogP contribution in [0.2, 0.25) is 0 Å². The zero-order valence-corrected chi connectivity index (χ0v) is 10.0. The Morgan fingerprint density at radius 2 is 2.19 bits per heavy atom. The van der Waals surface area contributed by atoms with Crippen LogP contribution in [0, 0.1) is 0 Å². The monoisotopic (exact) mass is 279 g/mol. The number of nitrogens with two attached hydrogens (primary N) is 1. The Labute approximate surface area is 101 Å². The number of halogens is 1. The molecule has 82 valence electrons. The Bertz CT molecular complexity index is 548. The predicted molar refractivity (Wildman–Crippen MR) is 66.2 cm³/mol. The van der Waals surface area contributed by atoms with Gasteiger partial charge in [-0.1, -0.05) is 6.07 Å². The van der Waals surface area contributed by atoms with Gasteiger partial charge in [-0.3, -0.25) is 4.79 Å². The fraction of sp³-hybridized carbons (Fsp3) is 0.0909. The second kappa shape index (κ2) is 4.49. The van der Waals surface area contributed by atoms with E-state index in [2.05, 4.69) is 20.9 Å². The number of hydrogen-bond acceptors (Lipinski definition) is 3. The largest absolute Gasteiger partial charge is 0.384 e. The number of nitrogen functional groups attached to an aromatic ring is 1. The van der Waals surface area contributed by atoms with Crippen molar-refractivity contribution in [2.24, 2.45) is 0 Å². The molecule has 0 bridgehead atoms. The van der Waals surface area contributed by atoms with Crippen LogP contribution in [0.1, 0.15) is 5.56 Å². The van der Waals surface area contributed by atoms with Crippen LogP contribution in [-0.4, -0.2) is 9.55 Å². The topological polar surface area (TPSA) is 60.9 Å². The van der Waals surface area contributed by atoms with E-state index in [1.54, 1.807) is 29.1 Å². The highest BCUT2D eigenvalue weighted by Crippen LogP contribution is 2.05. The molecule has 0 aromatic carbocycles. The number of nitrogens with zero attached hydrogens (tertiary/aromatic N) is 2. The first-order valence-electron chi connectivity index (χ1n) is 4.72. The van der Waals surface area contributed by atoms with Gasteiger partial charge in [-0.05, 0) is 39.7 Å². The van der Waals surface area contributed by atoms with Crippen LogP contribution in [0.5, 0.6) is 0 Å². The molecule has 0 unspecified atom stereocenters. The summed E-state index contributed by atoms with van der Waals surface area (Å²) in [5, 5.41) is 0. The minimum absolute atomic E-state index is 0.0562.